The number of aromatic amines is 2. The number of carbonyl (C=O) groups excluding carboxylic acids is 2. The van der Waals surface area contributed by atoms with Crippen molar-refractivity contribution in [2.75, 3.05) is 20.8 Å². The maximum Gasteiger partial charge on any atom is 0.342 e. The molecule has 0 aliphatic carbocycles. The van der Waals surface area contributed by atoms with Crippen LogP contribution in [0.25, 0.3) is 43.6 Å². The Kier molecular flexibility index (Phi) is 5.34. The number of ether oxygens (including phenoxy) is 3. The van der Waals surface area contributed by atoms with E-state index in [4.69, 9.17) is 14.2 Å². The summed E-state index contributed by atoms with van der Waals surface area (Å²) in [6.45, 7) is 2.01. The first-order valence-corrected chi connectivity index (χ1v) is 12.0. The molecule has 0 unspecified atom stereocenters. The van der Waals surface area contributed by atoms with E-state index in [0.29, 0.717) is 50.0 Å². The van der Waals surface area contributed by atoms with E-state index >= 15 is 0 Å². The molecule has 0 amide bonds. The van der Waals surface area contributed by atoms with Gasteiger partial charge in [0.2, 0.25) is 0 Å². The number of benzene rings is 4. The Bertz CT molecular complexity index is 1770. The minimum atomic E-state index is -0.458. The molecule has 2 aromatic heterocycles. The SMILES string of the molecule is CCOC(=O)c1c2[nH]c3ccccc3c2c(C(=O)c2ccc(OC)c(OC)c2)c2c1[nH]c1ccccc12. The predicted molar refractivity (Wildman–Crippen MR) is 144 cm³/mol. The maximum atomic E-state index is 14.4. The quantitative estimate of drug-likeness (QED) is 0.208. The van der Waals surface area contributed by atoms with Crippen molar-refractivity contribution >= 4 is 55.4 Å². The minimum Gasteiger partial charge on any atom is -0.493 e. The summed E-state index contributed by atoms with van der Waals surface area (Å²) in [7, 11) is 3.09. The van der Waals surface area contributed by atoms with Crippen molar-refractivity contribution in [2.45, 2.75) is 6.92 Å². The van der Waals surface area contributed by atoms with Gasteiger partial charge in [-0.25, -0.2) is 4.79 Å². The van der Waals surface area contributed by atoms with Crippen molar-refractivity contribution in [3.8, 4) is 11.5 Å². The Morgan fingerprint density at radius 2 is 1.30 bits per heavy atom. The Hall–Kier alpha value is -4.78. The molecular formula is C30H24N2O5. The molecule has 7 heteroatoms. The molecule has 184 valence electrons. The molecule has 37 heavy (non-hydrogen) atoms. The summed E-state index contributed by atoms with van der Waals surface area (Å²) < 4.78 is 16.3. The number of para-hydroxylation sites is 2. The average Bonchev–Trinajstić information content (AvgIpc) is 3.49. The first-order valence-electron chi connectivity index (χ1n) is 12.0. The number of hydrogen-bond donors (Lipinski definition) is 2. The van der Waals surface area contributed by atoms with Gasteiger partial charge in [-0.15, -0.1) is 0 Å². The molecule has 0 saturated heterocycles. The van der Waals surface area contributed by atoms with Crippen LogP contribution < -0.4 is 9.47 Å². The standard InChI is InChI=1S/C30H24N2O5/c1-4-37-30(34)26-27-23(17-9-5-7-11-19(17)31-27)25(24-18-10-6-8-12-20(18)32-28(24)26)29(33)16-13-14-21(35-2)22(15-16)36-3/h5-15,31-32H,4H2,1-3H3. The first-order chi connectivity index (χ1) is 18.1. The summed E-state index contributed by atoms with van der Waals surface area (Å²) in [5.74, 6) is 0.342. The smallest absolute Gasteiger partial charge is 0.342 e. The van der Waals surface area contributed by atoms with E-state index in [1.54, 1.807) is 32.2 Å². The van der Waals surface area contributed by atoms with Gasteiger partial charge in [0.25, 0.3) is 0 Å². The zero-order chi connectivity index (χ0) is 25.7. The largest absolute Gasteiger partial charge is 0.493 e. The van der Waals surface area contributed by atoms with Crippen molar-refractivity contribution in [2.24, 2.45) is 0 Å². The molecule has 0 fully saturated rings. The van der Waals surface area contributed by atoms with Gasteiger partial charge in [0.15, 0.2) is 17.3 Å². The molecule has 7 nitrogen and oxygen atoms in total. The lowest BCUT2D eigenvalue weighted by Gasteiger charge is -2.13. The van der Waals surface area contributed by atoms with E-state index < -0.39 is 5.97 Å². The van der Waals surface area contributed by atoms with Crippen molar-refractivity contribution in [1.82, 2.24) is 9.97 Å². The van der Waals surface area contributed by atoms with E-state index in [2.05, 4.69) is 9.97 Å². The third-order valence-electron chi connectivity index (χ3n) is 6.76. The van der Waals surface area contributed by atoms with Gasteiger partial charge in [0.1, 0.15) is 5.56 Å². The van der Waals surface area contributed by atoms with Crippen molar-refractivity contribution in [3.63, 3.8) is 0 Å². The second-order valence-electron chi connectivity index (χ2n) is 8.71. The van der Waals surface area contributed by atoms with Crippen LogP contribution in [-0.4, -0.2) is 42.5 Å². The van der Waals surface area contributed by atoms with Crippen LogP contribution in [0, 0.1) is 0 Å². The van der Waals surface area contributed by atoms with Gasteiger partial charge in [-0.05, 0) is 37.3 Å². The van der Waals surface area contributed by atoms with Crippen molar-refractivity contribution in [1.29, 1.82) is 0 Å². The number of methoxy groups -OCH3 is 2. The number of rotatable bonds is 6. The summed E-state index contributed by atoms with van der Waals surface area (Å²) in [5.41, 5.74) is 4.08. The van der Waals surface area contributed by atoms with Gasteiger partial charge in [0.05, 0.1) is 31.9 Å². The fourth-order valence-corrected chi connectivity index (χ4v) is 5.18. The number of carbonyl (C=O) groups is 2. The van der Waals surface area contributed by atoms with Crippen molar-refractivity contribution in [3.05, 3.63) is 83.4 Å². The van der Waals surface area contributed by atoms with Gasteiger partial charge >= 0.3 is 5.97 Å². The van der Waals surface area contributed by atoms with Gasteiger partial charge in [-0.2, -0.15) is 0 Å². The molecule has 2 heterocycles. The van der Waals surface area contributed by atoms with E-state index in [-0.39, 0.29) is 12.4 Å². The van der Waals surface area contributed by atoms with Crippen LogP contribution in [0.2, 0.25) is 0 Å². The van der Waals surface area contributed by atoms with E-state index in [9.17, 15) is 9.59 Å². The monoisotopic (exact) mass is 492 g/mol. The number of nitrogens with one attached hydrogen (secondary N) is 2. The number of aromatic nitrogens is 2. The number of H-pyrrole nitrogens is 2. The second-order valence-corrected chi connectivity index (χ2v) is 8.71. The molecule has 0 radical (unpaired) electrons. The zero-order valence-corrected chi connectivity index (χ0v) is 20.6. The number of fused-ring (bicyclic) bond motifs is 6. The number of esters is 1. The summed E-state index contributed by atoms with van der Waals surface area (Å²) in [6, 6.07) is 20.6. The Morgan fingerprint density at radius 3 is 1.84 bits per heavy atom. The molecule has 6 aromatic rings. The highest BCUT2D eigenvalue weighted by molar-refractivity contribution is 6.36. The van der Waals surface area contributed by atoms with Crippen LogP contribution in [0.15, 0.2) is 66.7 Å². The molecule has 0 aliphatic rings. The average molecular weight is 493 g/mol. The molecule has 6 rings (SSSR count). The van der Waals surface area contributed by atoms with E-state index in [1.807, 2.05) is 48.5 Å². The highest BCUT2D eigenvalue weighted by Crippen LogP contribution is 2.42. The van der Waals surface area contributed by atoms with Crippen LogP contribution in [0.1, 0.15) is 33.2 Å². The predicted octanol–water partition coefficient (Wildman–Crippen LogP) is 6.38. The van der Waals surface area contributed by atoms with Crippen LogP contribution in [-0.2, 0) is 4.74 Å². The van der Waals surface area contributed by atoms with Gasteiger partial charge in [0, 0.05) is 43.7 Å². The second kappa shape index (κ2) is 8.71. The zero-order valence-electron chi connectivity index (χ0n) is 20.6. The van der Waals surface area contributed by atoms with Gasteiger partial charge in [-0.1, -0.05) is 36.4 Å². The van der Waals surface area contributed by atoms with Crippen molar-refractivity contribution < 1.29 is 23.8 Å². The summed E-state index contributed by atoms with van der Waals surface area (Å²) >= 11 is 0. The Labute approximate surface area is 211 Å². The van der Waals surface area contributed by atoms with Gasteiger partial charge < -0.3 is 24.2 Å². The van der Waals surface area contributed by atoms with Crippen LogP contribution in [0.3, 0.4) is 0 Å². The number of hydrogen-bond acceptors (Lipinski definition) is 5. The molecule has 0 saturated carbocycles. The molecular weight excluding hydrogens is 468 g/mol. The molecule has 0 bridgehead atoms. The summed E-state index contributed by atoms with van der Waals surface area (Å²) in [4.78, 5) is 34.5. The summed E-state index contributed by atoms with van der Waals surface area (Å²) in [5, 5.41) is 3.05. The third kappa shape index (κ3) is 3.35. The number of ketones is 1. The minimum absolute atomic E-state index is 0.194. The summed E-state index contributed by atoms with van der Waals surface area (Å²) in [6.07, 6.45) is 0. The highest BCUT2D eigenvalue weighted by Gasteiger charge is 2.29. The molecule has 4 aromatic carbocycles. The molecule has 0 atom stereocenters. The van der Waals surface area contributed by atoms with Gasteiger partial charge in [-0.3, -0.25) is 4.79 Å². The maximum absolute atomic E-state index is 14.4. The highest BCUT2D eigenvalue weighted by atomic mass is 16.5. The Morgan fingerprint density at radius 1 is 0.730 bits per heavy atom. The molecule has 0 aliphatic heterocycles. The topological polar surface area (TPSA) is 93.4 Å². The van der Waals surface area contributed by atoms with E-state index in [1.165, 1.54) is 7.11 Å². The molecule has 2 N–H and O–H groups in total. The fourth-order valence-electron chi connectivity index (χ4n) is 5.18. The third-order valence-corrected chi connectivity index (χ3v) is 6.76. The van der Waals surface area contributed by atoms with Crippen LogP contribution >= 0.6 is 0 Å². The normalized spacial score (nSPS) is 11.4. The van der Waals surface area contributed by atoms with Crippen LogP contribution in [0.4, 0.5) is 0 Å². The molecule has 0 spiro atoms. The van der Waals surface area contributed by atoms with E-state index in [0.717, 1.165) is 21.8 Å². The Balaban J connectivity index is 1.81. The fraction of sp³-hybridized carbons (Fsp3) is 0.133. The van der Waals surface area contributed by atoms with Crippen LogP contribution in [0.5, 0.6) is 11.5 Å². The lowest BCUT2D eigenvalue weighted by molar-refractivity contribution is 0.0530. The lowest BCUT2D eigenvalue weighted by atomic mass is 9.91. The first kappa shape index (κ1) is 22.7. The lowest BCUT2D eigenvalue weighted by Crippen LogP contribution is -2.10.